The molecule has 2 nitrogen and oxygen atoms in total. The molecule has 0 rings (SSSR count). The molecule has 0 saturated heterocycles. The molecule has 0 aliphatic rings. The second kappa shape index (κ2) is 2.34. The van der Waals surface area contributed by atoms with Crippen LogP contribution in [0, 0.1) is 0 Å². The summed E-state index contributed by atoms with van der Waals surface area (Å²) in [5, 5.41) is 0. The summed E-state index contributed by atoms with van der Waals surface area (Å²) in [5.74, 6) is -3.92. The zero-order valence-electron chi connectivity index (χ0n) is 3.62. The van der Waals surface area contributed by atoms with Crippen LogP contribution in [0.5, 0.6) is 0 Å². The van der Waals surface area contributed by atoms with Gasteiger partial charge in [0.25, 0.3) is 11.7 Å². The van der Waals surface area contributed by atoms with Gasteiger partial charge in [-0.15, -0.1) is 0 Å². The molecule has 0 bridgehead atoms. The van der Waals surface area contributed by atoms with E-state index in [1.165, 1.54) is 0 Å². The van der Waals surface area contributed by atoms with Crippen molar-refractivity contribution in [2.75, 3.05) is 0 Å². The molecule has 0 aliphatic heterocycles. The molecule has 0 fully saturated rings. The van der Waals surface area contributed by atoms with Crippen molar-refractivity contribution in [2.45, 2.75) is 0 Å². The van der Waals surface area contributed by atoms with Gasteiger partial charge in [0.05, 0.1) is 0 Å². The van der Waals surface area contributed by atoms with Crippen molar-refractivity contribution in [2.24, 2.45) is 5.73 Å². The number of halogens is 3. The quantitative estimate of drug-likeness (QED) is 0.511. The Bertz CT molecular complexity index is 137. The Morgan fingerprint density at radius 2 is 1.62 bits per heavy atom. The minimum Gasteiger partial charge on any atom is -0.363 e. The third-order valence-corrected chi connectivity index (χ3v) is 0.382. The first-order valence-electron chi connectivity index (χ1n) is 1.56. The van der Waals surface area contributed by atoms with Gasteiger partial charge >= 0.3 is 6.08 Å². The van der Waals surface area contributed by atoms with E-state index in [0.29, 0.717) is 0 Å². The second-order valence-electron chi connectivity index (χ2n) is 0.939. The van der Waals surface area contributed by atoms with Crippen molar-refractivity contribution in [3.8, 4) is 0 Å². The number of carbonyl (C=O) groups is 1. The summed E-state index contributed by atoms with van der Waals surface area (Å²) in [4.78, 5) is 9.45. The van der Waals surface area contributed by atoms with Gasteiger partial charge in [0.2, 0.25) is 0 Å². The molecule has 0 spiro atoms. The maximum absolute atomic E-state index is 11.3. The average molecular weight is 125 g/mol. The van der Waals surface area contributed by atoms with E-state index >= 15 is 0 Å². The summed E-state index contributed by atoms with van der Waals surface area (Å²) in [6, 6.07) is 0. The molecule has 0 aromatic carbocycles. The van der Waals surface area contributed by atoms with E-state index in [4.69, 9.17) is 0 Å². The van der Waals surface area contributed by atoms with Gasteiger partial charge in [-0.2, -0.15) is 13.2 Å². The third-order valence-electron chi connectivity index (χ3n) is 0.382. The van der Waals surface area contributed by atoms with Crippen molar-refractivity contribution in [3.05, 3.63) is 11.9 Å². The van der Waals surface area contributed by atoms with Crippen LogP contribution >= 0.6 is 0 Å². The Kier molecular flexibility index (Phi) is 2.05. The summed E-state index contributed by atoms with van der Waals surface area (Å²) in [7, 11) is 0. The molecule has 8 heavy (non-hydrogen) atoms. The molecule has 5 heteroatoms. The van der Waals surface area contributed by atoms with E-state index in [2.05, 4.69) is 5.73 Å². The van der Waals surface area contributed by atoms with Gasteiger partial charge < -0.3 is 5.73 Å². The van der Waals surface area contributed by atoms with Crippen LogP contribution in [0.15, 0.2) is 11.9 Å². The highest BCUT2D eigenvalue weighted by Gasteiger charge is 2.09. The fourth-order valence-electron chi connectivity index (χ4n) is 0.0931. The summed E-state index contributed by atoms with van der Waals surface area (Å²) in [6.07, 6.45) is -2.68. The largest absolute Gasteiger partial charge is 0.363 e. The van der Waals surface area contributed by atoms with Crippen LogP contribution < -0.4 is 5.73 Å². The second-order valence-corrected chi connectivity index (χ2v) is 0.939. The summed E-state index contributed by atoms with van der Waals surface area (Å²) < 4.78 is 33.1. The highest BCUT2D eigenvalue weighted by Crippen LogP contribution is 2.06. The van der Waals surface area contributed by atoms with E-state index in [1.807, 2.05) is 0 Å². The van der Waals surface area contributed by atoms with Crippen LogP contribution in [0.4, 0.5) is 13.2 Å². The van der Waals surface area contributed by atoms with Crippen LogP contribution in [0.25, 0.3) is 0 Å². The number of nitrogens with two attached hydrogens (primary N) is 1. The number of carbonyl (C=O) groups excluding carboxylic acids is 1. The van der Waals surface area contributed by atoms with Gasteiger partial charge in [-0.3, -0.25) is 4.79 Å². The van der Waals surface area contributed by atoms with Crippen molar-refractivity contribution < 1.29 is 18.0 Å². The average Bonchev–Trinajstić information content (AvgIpc) is 1.64. The molecular formula is C3H2F3NO. The fraction of sp³-hybridized carbons (Fsp3) is 0. The molecule has 0 aromatic rings. The standard InChI is InChI=1S/C3H2F3NO/c4-1(2(5)6)3(7)8/h(H2,7,8). The van der Waals surface area contributed by atoms with Crippen molar-refractivity contribution >= 4 is 5.91 Å². The molecule has 1 amide bonds. The highest BCUT2D eigenvalue weighted by molar-refractivity contribution is 5.89. The van der Waals surface area contributed by atoms with E-state index in [1.54, 1.807) is 0 Å². The fourth-order valence-corrected chi connectivity index (χ4v) is 0.0931. The van der Waals surface area contributed by atoms with Crippen LogP contribution in [-0.2, 0) is 4.79 Å². The molecule has 0 aliphatic carbocycles. The Labute approximate surface area is 42.8 Å². The van der Waals surface area contributed by atoms with Crippen LogP contribution in [0.2, 0.25) is 0 Å². The van der Waals surface area contributed by atoms with Gasteiger partial charge in [0, 0.05) is 0 Å². The van der Waals surface area contributed by atoms with Gasteiger partial charge in [-0.05, 0) is 0 Å². The van der Waals surface area contributed by atoms with Crippen LogP contribution in [-0.4, -0.2) is 5.91 Å². The first-order chi connectivity index (χ1) is 3.55. The van der Waals surface area contributed by atoms with E-state index in [0.717, 1.165) is 0 Å². The van der Waals surface area contributed by atoms with E-state index in [-0.39, 0.29) is 0 Å². The Morgan fingerprint density at radius 1 is 1.25 bits per heavy atom. The number of hydrogen-bond acceptors (Lipinski definition) is 1. The van der Waals surface area contributed by atoms with Crippen molar-refractivity contribution in [3.63, 3.8) is 0 Å². The molecular weight excluding hydrogens is 123 g/mol. The molecule has 0 heterocycles. The monoisotopic (exact) mass is 125 g/mol. The SMILES string of the molecule is NC(=O)C(F)=C(F)F. The van der Waals surface area contributed by atoms with Crippen LogP contribution in [0.3, 0.4) is 0 Å². The van der Waals surface area contributed by atoms with Crippen LogP contribution in [0.1, 0.15) is 0 Å². The van der Waals surface area contributed by atoms with E-state index in [9.17, 15) is 18.0 Å². The summed E-state index contributed by atoms with van der Waals surface area (Å²) >= 11 is 0. The minimum absolute atomic E-state index is 1.75. The topological polar surface area (TPSA) is 43.1 Å². The third kappa shape index (κ3) is 1.63. The van der Waals surface area contributed by atoms with Gasteiger partial charge in [-0.25, -0.2) is 0 Å². The molecule has 0 aromatic heterocycles. The maximum Gasteiger partial charge on any atom is 0.311 e. The first kappa shape index (κ1) is 7.00. The molecule has 0 unspecified atom stereocenters. The Morgan fingerprint density at radius 3 is 1.62 bits per heavy atom. The van der Waals surface area contributed by atoms with Crippen molar-refractivity contribution in [1.29, 1.82) is 0 Å². The zero-order valence-corrected chi connectivity index (χ0v) is 3.62. The van der Waals surface area contributed by atoms with E-state index < -0.39 is 17.8 Å². The molecule has 0 atom stereocenters. The lowest BCUT2D eigenvalue weighted by molar-refractivity contribution is -0.116. The van der Waals surface area contributed by atoms with Crippen molar-refractivity contribution in [1.82, 2.24) is 0 Å². The smallest absolute Gasteiger partial charge is 0.311 e. The Balaban J connectivity index is 4.23. The zero-order chi connectivity index (χ0) is 6.73. The molecule has 0 radical (unpaired) electrons. The summed E-state index contributed by atoms with van der Waals surface area (Å²) in [5.41, 5.74) is 4.09. The Hall–Kier alpha value is -1.00. The van der Waals surface area contributed by atoms with Gasteiger partial charge in [-0.1, -0.05) is 0 Å². The lowest BCUT2D eigenvalue weighted by Gasteiger charge is -1.82. The number of rotatable bonds is 1. The molecule has 0 saturated carbocycles. The molecule has 46 valence electrons. The summed E-state index contributed by atoms with van der Waals surface area (Å²) in [6.45, 7) is 0. The maximum atomic E-state index is 11.3. The number of primary amides is 1. The minimum atomic E-state index is -2.68. The number of amides is 1. The predicted molar refractivity (Wildman–Crippen MR) is 19.5 cm³/mol. The molecule has 2 N–H and O–H groups in total. The van der Waals surface area contributed by atoms with Gasteiger partial charge in [0.15, 0.2) is 0 Å². The first-order valence-corrected chi connectivity index (χ1v) is 1.56. The van der Waals surface area contributed by atoms with Gasteiger partial charge in [0.1, 0.15) is 0 Å². The predicted octanol–water partition coefficient (Wildman–Crippen LogP) is 0.549. The lowest BCUT2D eigenvalue weighted by atomic mass is 10.6. The number of hydrogen-bond donors (Lipinski definition) is 1. The normalized spacial score (nSPS) is 8.38. The lowest BCUT2D eigenvalue weighted by Crippen LogP contribution is -2.11. The highest BCUT2D eigenvalue weighted by atomic mass is 19.3.